The number of hydrogen-bond donors (Lipinski definition) is 0. The van der Waals surface area contributed by atoms with Crippen LogP contribution in [0.25, 0.3) is 0 Å². The van der Waals surface area contributed by atoms with Crippen molar-refractivity contribution < 1.29 is 10.0 Å². The summed E-state index contributed by atoms with van der Waals surface area (Å²) in [5, 5.41) is 0. The molecule has 5 nitrogen and oxygen atoms in total. The topological polar surface area (TPSA) is 58.3 Å². The number of rotatable bonds is 3. The molecule has 0 amide bonds. The Morgan fingerprint density at radius 3 is 0.917 bits per heavy atom. The minimum Gasteiger partial charge on any atom is -0.412 e. The molecule has 0 fully saturated rings. The third kappa shape index (κ3) is 2.54. The van der Waals surface area contributed by atoms with Crippen LogP contribution < -0.4 is 0 Å². The van der Waals surface area contributed by atoms with Gasteiger partial charge >= 0.3 is 0 Å². The van der Waals surface area contributed by atoms with Crippen molar-refractivity contribution in [1.82, 2.24) is 14.0 Å². The largest absolute Gasteiger partial charge is 0.412 e. The van der Waals surface area contributed by atoms with Crippen LogP contribution >= 0.6 is 7.59 Å². The highest BCUT2D eigenvalue weighted by Gasteiger charge is 2.30. The fraction of sp³-hybridized carbons (Fsp3) is 1.00. The van der Waals surface area contributed by atoms with Crippen LogP contribution in [0.4, 0.5) is 0 Å². The Labute approximate surface area is 74.8 Å². The average Bonchev–Trinajstić information content (AvgIpc) is 1.84. The first kappa shape index (κ1) is 14.6. The molecule has 76 valence electrons. The van der Waals surface area contributed by atoms with Crippen LogP contribution in [0.5, 0.6) is 0 Å². The zero-order valence-electron chi connectivity index (χ0n) is 8.70. The van der Waals surface area contributed by atoms with E-state index in [0.29, 0.717) is 0 Å². The lowest BCUT2D eigenvalue weighted by Crippen LogP contribution is -2.30. The Bertz CT molecular complexity index is 142. The number of hydrogen-bond acceptors (Lipinski definition) is 1. The van der Waals surface area contributed by atoms with E-state index in [-0.39, 0.29) is 5.48 Å². The quantitative estimate of drug-likeness (QED) is 0.595. The molecule has 0 aliphatic heterocycles. The van der Waals surface area contributed by atoms with Crippen molar-refractivity contribution in [2.75, 3.05) is 42.3 Å². The third-order valence-corrected chi connectivity index (χ3v) is 4.69. The summed E-state index contributed by atoms with van der Waals surface area (Å²) in [4.78, 5) is 0. The lowest BCUT2D eigenvalue weighted by Gasteiger charge is -2.34. The Morgan fingerprint density at radius 2 is 0.917 bits per heavy atom. The van der Waals surface area contributed by atoms with Crippen molar-refractivity contribution in [3.8, 4) is 0 Å². The van der Waals surface area contributed by atoms with Crippen LogP contribution in [0.15, 0.2) is 0 Å². The second kappa shape index (κ2) is 4.94. The van der Waals surface area contributed by atoms with Gasteiger partial charge in [-0.3, -0.25) is 4.57 Å². The van der Waals surface area contributed by atoms with Gasteiger partial charge in [-0.1, -0.05) is 0 Å². The first-order valence-electron chi connectivity index (χ1n) is 3.47. The minimum absolute atomic E-state index is 0. The monoisotopic (exact) mass is 197 g/mol. The van der Waals surface area contributed by atoms with Gasteiger partial charge in [0.25, 0.3) is 7.59 Å². The van der Waals surface area contributed by atoms with Gasteiger partial charge < -0.3 is 5.48 Å². The fourth-order valence-electron chi connectivity index (χ4n) is 1.07. The zero-order chi connectivity index (χ0) is 9.23. The van der Waals surface area contributed by atoms with E-state index in [4.69, 9.17) is 0 Å². The molecule has 0 rings (SSSR count). The summed E-state index contributed by atoms with van der Waals surface area (Å²) in [5.41, 5.74) is 0. The summed E-state index contributed by atoms with van der Waals surface area (Å²) in [6.45, 7) is 0. The highest BCUT2D eigenvalue weighted by Crippen LogP contribution is 2.50. The lowest BCUT2D eigenvalue weighted by molar-refractivity contribution is 0.383. The predicted molar refractivity (Wildman–Crippen MR) is 52.3 cm³/mol. The summed E-state index contributed by atoms with van der Waals surface area (Å²) < 4.78 is 17.3. The second-order valence-corrected chi connectivity index (χ2v) is 6.48. The van der Waals surface area contributed by atoms with Crippen molar-refractivity contribution in [2.45, 2.75) is 0 Å². The molecular formula is C6H20N3O2P. The van der Waals surface area contributed by atoms with E-state index in [1.165, 1.54) is 0 Å². The van der Waals surface area contributed by atoms with E-state index in [9.17, 15) is 4.57 Å². The maximum Gasteiger partial charge on any atom is 0.285 e. The van der Waals surface area contributed by atoms with E-state index in [0.717, 1.165) is 0 Å². The van der Waals surface area contributed by atoms with Gasteiger partial charge in [-0.25, -0.2) is 14.0 Å². The third-order valence-electron chi connectivity index (χ3n) is 1.56. The highest BCUT2D eigenvalue weighted by molar-refractivity contribution is 7.56. The van der Waals surface area contributed by atoms with Crippen molar-refractivity contribution in [1.29, 1.82) is 0 Å². The maximum absolute atomic E-state index is 12.1. The van der Waals surface area contributed by atoms with E-state index >= 15 is 0 Å². The summed E-state index contributed by atoms with van der Waals surface area (Å²) in [7, 11) is 8.49. The number of nitrogens with zero attached hydrogens (tertiary/aromatic N) is 3. The van der Waals surface area contributed by atoms with Gasteiger partial charge in [0, 0.05) is 0 Å². The Hall–Kier alpha value is 0.0700. The molecule has 0 atom stereocenters. The van der Waals surface area contributed by atoms with Gasteiger partial charge in [-0.15, -0.1) is 0 Å². The fourth-order valence-corrected chi connectivity index (χ4v) is 3.22. The Morgan fingerprint density at radius 1 is 0.750 bits per heavy atom. The molecule has 0 aromatic carbocycles. The summed E-state index contributed by atoms with van der Waals surface area (Å²) in [5.74, 6) is 0. The van der Waals surface area contributed by atoms with Gasteiger partial charge in [0.1, 0.15) is 0 Å². The SMILES string of the molecule is CN(C)P(=O)(N(C)C)N(C)C.O. The normalized spacial score (nSPS) is 12.4. The van der Waals surface area contributed by atoms with Crippen LogP contribution in [0.1, 0.15) is 0 Å². The highest BCUT2D eigenvalue weighted by atomic mass is 31.2. The second-order valence-electron chi connectivity index (χ2n) is 3.05. The standard InChI is InChI=1S/C6H18N3OP.H2O/c1-7(2)11(10,8(3)4)9(5)6;/h1-6H3;1H2. The summed E-state index contributed by atoms with van der Waals surface area (Å²) >= 11 is 0. The van der Waals surface area contributed by atoms with Crippen molar-refractivity contribution >= 4 is 7.59 Å². The molecule has 12 heavy (non-hydrogen) atoms. The maximum atomic E-state index is 12.1. The lowest BCUT2D eigenvalue weighted by atomic mass is 11.2. The Balaban J connectivity index is 0. The minimum atomic E-state index is -2.44. The summed E-state index contributed by atoms with van der Waals surface area (Å²) in [6, 6.07) is 0. The van der Waals surface area contributed by atoms with Gasteiger partial charge in [-0.2, -0.15) is 0 Å². The molecule has 0 unspecified atom stereocenters. The van der Waals surface area contributed by atoms with Crippen molar-refractivity contribution in [2.24, 2.45) is 0 Å². The molecule has 0 spiro atoms. The summed E-state index contributed by atoms with van der Waals surface area (Å²) in [6.07, 6.45) is 0. The molecule has 0 aromatic rings. The molecule has 0 aromatic heterocycles. The smallest absolute Gasteiger partial charge is 0.285 e. The molecule has 0 radical (unpaired) electrons. The van der Waals surface area contributed by atoms with Crippen LogP contribution in [0, 0.1) is 0 Å². The zero-order valence-corrected chi connectivity index (χ0v) is 9.59. The molecule has 2 N–H and O–H groups in total. The molecular weight excluding hydrogens is 177 g/mol. The van der Waals surface area contributed by atoms with Crippen LogP contribution in [0.3, 0.4) is 0 Å². The molecule has 0 saturated carbocycles. The van der Waals surface area contributed by atoms with Crippen LogP contribution in [0.2, 0.25) is 0 Å². The first-order chi connectivity index (χ1) is 4.83. The molecule has 0 aliphatic carbocycles. The molecule has 6 heteroatoms. The van der Waals surface area contributed by atoms with Gasteiger partial charge in [0.2, 0.25) is 0 Å². The molecule has 0 bridgehead atoms. The van der Waals surface area contributed by atoms with Crippen LogP contribution in [-0.4, -0.2) is 61.8 Å². The van der Waals surface area contributed by atoms with Gasteiger partial charge in [0.05, 0.1) is 0 Å². The Kier molecular flexibility index (Phi) is 6.01. The predicted octanol–water partition coefficient (Wildman–Crippen LogP) is -0.0454. The molecule has 0 heterocycles. The molecule has 0 aliphatic rings. The van der Waals surface area contributed by atoms with E-state index in [1.807, 2.05) is 42.3 Å². The van der Waals surface area contributed by atoms with Crippen LogP contribution in [-0.2, 0) is 4.57 Å². The van der Waals surface area contributed by atoms with E-state index in [1.54, 1.807) is 14.0 Å². The first-order valence-corrected chi connectivity index (χ1v) is 5.03. The van der Waals surface area contributed by atoms with E-state index < -0.39 is 7.59 Å². The molecule has 0 saturated heterocycles. The van der Waals surface area contributed by atoms with Gasteiger partial charge in [0.15, 0.2) is 0 Å². The van der Waals surface area contributed by atoms with E-state index in [2.05, 4.69) is 0 Å². The van der Waals surface area contributed by atoms with Crippen molar-refractivity contribution in [3.63, 3.8) is 0 Å². The van der Waals surface area contributed by atoms with Crippen molar-refractivity contribution in [3.05, 3.63) is 0 Å². The van der Waals surface area contributed by atoms with Gasteiger partial charge in [-0.05, 0) is 42.3 Å². The average molecular weight is 197 g/mol.